The summed E-state index contributed by atoms with van der Waals surface area (Å²) in [6.07, 6.45) is 3.04. The molecule has 0 heterocycles. The standard InChI is InChI=1S/C15H10Cl3NO/c16-11-7-12(17)9-13(8-11)19-15(20)6-5-10-3-1-2-4-14(10)18/h1-9H,(H,19,20)/b6-5+. The number of anilines is 1. The van der Waals surface area contributed by atoms with Crippen molar-refractivity contribution >= 4 is 52.5 Å². The molecule has 0 fully saturated rings. The van der Waals surface area contributed by atoms with Crippen LogP contribution in [0.1, 0.15) is 5.56 Å². The van der Waals surface area contributed by atoms with Gasteiger partial charge in [0.25, 0.3) is 0 Å². The third-order valence-corrected chi connectivity index (χ3v) is 3.23. The van der Waals surface area contributed by atoms with Crippen LogP contribution in [0.2, 0.25) is 15.1 Å². The smallest absolute Gasteiger partial charge is 0.248 e. The Bertz CT molecular complexity index is 648. The molecule has 0 unspecified atom stereocenters. The first-order valence-corrected chi connectivity index (χ1v) is 6.88. The molecule has 2 aromatic carbocycles. The van der Waals surface area contributed by atoms with Crippen LogP contribution in [-0.4, -0.2) is 5.91 Å². The summed E-state index contributed by atoms with van der Waals surface area (Å²) in [7, 11) is 0. The third-order valence-electron chi connectivity index (χ3n) is 2.45. The third kappa shape index (κ3) is 4.27. The van der Waals surface area contributed by atoms with E-state index in [4.69, 9.17) is 34.8 Å². The molecule has 102 valence electrons. The van der Waals surface area contributed by atoms with Crippen molar-refractivity contribution in [2.45, 2.75) is 0 Å². The minimum absolute atomic E-state index is 0.289. The molecule has 0 saturated heterocycles. The normalized spacial score (nSPS) is 10.8. The molecule has 0 bridgehead atoms. The highest BCUT2D eigenvalue weighted by Gasteiger charge is 2.02. The maximum absolute atomic E-state index is 11.8. The van der Waals surface area contributed by atoms with Crippen molar-refractivity contribution in [1.29, 1.82) is 0 Å². The van der Waals surface area contributed by atoms with Crippen LogP contribution >= 0.6 is 34.8 Å². The number of hydrogen-bond donors (Lipinski definition) is 1. The van der Waals surface area contributed by atoms with Gasteiger partial charge in [-0.25, -0.2) is 0 Å². The SMILES string of the molecule is O=C(/C=C/c1ccccc1Cl)Nc1cc(Cl)cc(Cl)c1. The molecule has 0 spiro atoms. The lowest BCUT2D eigenvalue weighted by Gasteiger charge is -2.03. The van der Waals surface area contributed by atoms with Crippen LogP contribution in [0.5, 0.6) is 0 Å². The van der Waals surface area contributed by atoms with Crippen LogP contribution in [0.15, 0.2) is 48.5 Å². The first-order valence-electron chi connectivity index (χ1n) is 5.74. The lowest BCUT2D eigenvalue weighted by Crippen LogP contribution is -2.07. The molecule has 0 aromatic heterocycles. The van der Waals surface area contributed by atoms with Crippen molar-refractivity contribution in [3.63, 3.8) is 0 Å². The summed E-state index contributed by atoms with van der Waals surface area (Å²) in [5, 5.41) is 4.18. The van der Waals surface area contributed by atoms with Gasteiger partial charge in [-0.3, -0.25) is 4.79 Å². The number of nitrogens with one attached hydrogen (secondary N) is 1. The van der Waals surface area contributed by atoms with Gasteiger partial charge in [-0.05, 0) is 35.9 Å². The molecule has 2 aromatic rings. The lowest BCUT2D eigenvalue weighted by molar-refractivity contribution is -0.111. The van der Waals surface area contributed by atoms with E-state index in [0.717, 1.165) is 5.56 Å². The number of benzene rings is 2. The van der Waals surface area contributed by atoms with Crippen LogP contribution in [0.25, 0.3) is 6.08 Å². The zero-order valence-electron chi connectivity index (χ0n) is 10.2. The molecule has 0 aliphatic rings. The summed E-state index contributed by atoms with van der Waals surface area (Å²) in [5.74, 6) is -0.289. The number of hydrogen-bond acceptors (Lipinski definition) is 1. The molecule has 1 N–H and O–H groups in total. The molecular weight excluding hydrogens is 317 g/mol. The van der Waals surface area contributed by atoms with E-state index in [0.29, 0.717) is 20.8 Å². The van der Waals surface area contributed by atoms with E-state index in [2.05, 4.69) is 5.32 Å². The highest BCUT2D eigenvalue weighted by atomic mass is 35.5. The van der Waals surface area contributed by atoms with Crippen LogP contribution in [-0.2, 0) is 4.79 Å². The van der Waals surface area contributed by atoms with Crippen molar-refractivity contribution in [1.82, 2.24) is 0 Å². The summed E-state index contributed by atoms with van der Waals surface area (Å²) < 4.78 is 0. The van der Waals surface area contributed by atoms with E-state index in [1.54, 1.807) is 30.3 Å². The highest BCUT2D eigenvalue weighted by molar-refractivity contribution is 6.35. The maximum Gasteiger partial charge on any atom is 0.248 e. The number of carbonyl (C=O) groups is 1. The quantitative estimate of drug-likeness (QED) is 0.762. The minimum atomic E-state index is -0.289. The zero-order chi connectivity index (χ0) is 14.5. The van der Waals surface area contributed by atoms with Gasteiger partial charge in [0.2, 0.25) is 5.91 Å². The second-order valence-corrected chi connectivity index (χ2v) is 5.28. The van der Waals surface area contributed by atoms with E-state index >= 15 is 0 Å². The van der Waals surface area contributed by atoms with Gasteiger partial charge in [-0.2, -0.15) is 0 Å². The zero-order valence-corrected chi connectivity index (χ0v) is 12.5. The monoisotopic (exact) mass is 325 g/mol. The summed E-state index contributed by atoms with van der Waals surface area (Å²) in [5.41, 5.74) is 1.31. The number of carbonyl (C=O) groups excluding carboxylic acids is 1. The van der Waals surface area contributed by atoms with E-state index < -0.39 is 0 Å². The molecule has 1 amide bonds. The van der Waals surface area contributed by atoms with Gasteiger partial charge in [0.15, 0.2) is 0 Å². The van der Waals surface area contributed by atoms with Crippen LogP contribution in [0.4, 0.5) is 5.69 Å². The van der Waals surface area contributed by atoms with Gasteiger partial charge < -0.3 is 5.32 Å². The van der Waals surface area contributed by atoms with Gasteiger partial charge >= 0.3 is 0 Å². The molecule has 5 heteroatoms. The number of amides is 1. The topological polar surface area (TPSA) is 29.1 Å². The number of rotatable bonds is 3. The average Bonchev–Trinajstić information content (AvgIpc) is 2.36. The van der Waals surface area contributed by atoms with Gasteiger partial charge in [-0.1, -0.05) is 53.0 Å². The largest absolute Gasteiger partial charge is 0.322 e. The van der Waals surface area contributed by atoms with Crippen LogP contribution < -0.4 is 5.32 Å². The second kappa shape index (κ2) is 6.80. The Morgan fingerprint density at radius 3 is 2.30 bits per heavy atom. The fourth-order valence-electron chi connectivity index (χ4n) is 1.59. The van der Waals surface area contributed by atoms with E-state index in [-0.39, 0.29) is 5.91 Å². The highest BCUT2D eigenvalue weighted by Crippen LogP contribution is 2.22. The number of halogens is 3. The lowest BCUT2D eigenvalue weighted by atomic mass is 10.2. The molecular formula is C15H10Cl3NO. The summed E-state index contributed by atoms with van der Waals surface area (Å²) in [6.45, 7) is 0. The van der Waals surface area contributed by atoms with Gasteiger partial charge in [-0.15, -0.1) is 0 Å². The fraction of sp³-hybridized carbons (Fsp3) is 0. The van der Waals surface area contributed by atoms with Crippen molar-refractivity contribution in [3.05, 3.63) is 69.2 Å². The molecule has 2 rings (SSSR count). The van der Waals surface area contributed by atoms with Crippen LogP contribution in [0.3, 0.4) is 0 Å². The Morgan fingerprint density at radius 1 is 1.00 bits per heavy atom. The Balaban J connectivity index is 2.07. The Hall–Kier alpha value is -1.48. The molecule has 0 radical (unpaired) electrons. The molecule has 2 nitrogen and oxygen atoms in total. The van der Waals surface area contributed by atoms with Crippen molar-refractivity contribution < 1.29 is 4.79 Å². The molecule has 0 saturated carbocycles. The first-order chi connectivity index (χ1) is 9.54. The van der Waals surface area contributed by atoms with E-state index in [9.17, 15) is 4.79 Å². The average molecular weight is 327 g/mol. The Kier molecular flexibility index (Phi) is 5.07. The minimum Gasteiger partial charge on any atom is -0.322 e. The molecule has 0 aliphatic heterocycles. The van der Waals surface area contributed by atoms with Gasteiger partial charge in [0, 0.05) is 26.8 Å². The Morgan fingerprint density at radius 2 is 1.65 bits per heavy atom. The second-order valence-electron chi connectivity index (χ2n) is 4.00. The summed E-state index contributed by atoms with van der Waals surface area (Å²) in [4.78, 5) is 11.8. The van der Waals surface area contributed by atoms with Gasteiger partial charge in [0.1, 0.15) is 0 Å². The first kappa shape index (κ1) is 14.9. The molecule has 0 atom stereocenters. The maximum atomic E-state index is 11.8. The fourth-order valence-corrected chi connectivity index (χ4v) is 2.31. The van der Waals surface area contributed by atoms with Gasteiger partial charge in [0.05, 0.1) is 0 Å². The molecule has 20 heavy (non-hydrogen) atoms. The van der Waals surface area contributed by atoms with Crippen molar-refractivity contribution in [2.24, 2.45) is 0 Å². The molecule has 0 aliphatic carbocycles. The predicted molar refractivity (Wildman–Crippen MR) is 85.6 cm³/mol. The summed E-state index contributed by atoms with van der Waals surface area (Å²) in [6, 6.07) is 12.1. The van der Waals surface area contributed by atoms with Crippen molar-refractivity contribution in [3.8, 4) is 0 Å². The Labute approximate surface area is 132 Å². The van der Waals surface area contributed by atoms with E-state index in [1.807, 2.05) is 18.2 Å². The van der Waals surface area contributed by atoms with Crippen molar-refractivity contribution in [2.75, 3.05) is 5.32 Å². The predicted octanol–water partition coefficient (Wildman–Crippen LogP) is 5.30. The summed E-state index contributed by atoms with van der Waals surface area (Å²) >= 11 is 17.7. The van der Waals surface area contributed by atoms with Crippen LogP contribution in [0, 0.1) is 0 Å². The van der Waals surface area contributed by atoms with E-state index in [1.165, 1.54) is 6.08 Å².